The summed E-state index contributed by atoms with van der Waals surface area (Å²) in [5.41, 5.74) is 4.63. The van der Waals surface area contributed by atoms with E-state index < -0.39 is 0 Å². The van der Waals surface area contributed by atoms with Crippen LogP contribution in [0.1, 0.15) is 18.9 Å². The minimum Gasteiger partial charge on any atom is -0.494 e. The topological polar surface area (TPSA) is 62.7 Å². The lowest BCUT2D eigenvalue weighted by Crippen LogP contribution is -2.25. The highest BCUT2D eigenvalue weighted by molar-refractivity contribution is 5.81. The molecule has 5 heteroatoms. The fourth-order valence-corrected chi connectivity index (χ4v) is 2.12. The molecule has 0 fully saturated rings. The van der Waals surface area contributed by atoms with E-state index >= 15 is 0 Å². The maximum absolute atomic E-state index is 11.7. The van der Waals surface area contributed by atoms with Gasteiger partial charge in [0, 0.05) is 11.9 Å². The molecule has 0 unspecified atom stereocenters. The van der Waals surface area contributed by atoms with Gasteiger partial charge in [0.25, 0.3) is 5.91 Å². The van der Waals surface area contributed by atoms with Gasteiger partial charge in [0.1, 0.15) is 5.75 Å². The summed E-state index contributed by atoms with van der Waals surface area (Å²) < 4.78 is 5.37. The Kier molecular flexibility index (Phi) is 7.34. The van der Waals surface area contributed by atoms with E-state index in [1.807, 2.05) is 49.4 Å². The number of aryl methyl sites for hydroxylation is 1. The van der Waals surface area contributed by atoms with Gasteiger partial charge in [-0.1, -0.05) is 30.3 Å². The lowest BCUT2D eigenvalue weighted by atomic mass is 10.1. The molecule has 0 radical (unpaired) electrons. The molecule has 0 saturated carbocycles. The van der Waals surface area contributed by atoms with Crippen molar-refractivity contribution in [3.8, 4) is 5.75 Å². The molecular weight excluding hydrogens is 302 g/mol. The van der Waals surface area contributed by atoms with Crippen molar-refractivity contribution in [1.82, 2.24) is 5.43 Å². The van der Waals surface area contributed by atoms with E-state index in [4.69, 9.17) is 4.74 Å². The van der Waals surface area contributed by atoms with Crippen LogP contribution in [-0.2, 0) is 11.2 Å². The van der Waals surface area contributed by atoms with Gasteiger partial charge in [-0.2, -0.15) is 5.10 Å². The SMILES string of the molecule is CCOc1ccc(NCC(=O)NN=CCCc2ccccc2)cc1. The molecule has 0 aliphatic heterocycles. The Morgan fingerprint density at radius 2 is 1.88 bits per heavy atom. The average molecular weight is 325 g/mol. The highest BCUT2D eigenvalue weighted by Crippen LogP contribution is 2.15. The van der Waals surface area contributed by atoms with Gasteiger partial charge in [-0.15, -0.1) is 0 Å². The average Bonchev–Trinajstić information content (AvgIpc) is 2.62. The molecule has 1 amide bonds. The minimum atomic E-state index is -0.181. The monoisotopic (exact) mass is 325 g/mol. The largest absolute Gasteiger partial charge is 0.494 e. The van der Waals surface area contributed by atoms with Crippen LogP contribution in [0.25, 0.3) is 0 Å². The number of hydrogen-bond acceptors (Lipinski definition) is 4. The predicted molar refractivity (Wildman–Crippen MR) is 97.5 cm³/mol. The van der Waals surface area contributed by atoms with E-state index in [2.05, 4.69) is 28.0 Å². The molecular formula is C19H23N3O2. The molecule has 0 aliphatic carbocycles. The number of hydrazone groups is 1. The molecule has 126 valence electrons. The maximum Gasteiger partial charge on any atom is 0.259 e. The number of carbonyl (C=O) groups excluding carboxylic acids is 1. The molecule has 2 aromatic rings. The first kappa shape index (κ1) is 17.5. The first-order chi connectivity index (χ1) is 11.8. The number of hydrogen-bond donors (Lipinski definition) is 2. The summed E-state index contributed by atoms with van der Waals surface area (Å²) in [5, 5.41) is 6.99. The van der Waals surface area contributed by atoms with Gasteiger partial charge < -0.3 is 10.1 Å². The van der Waals surface area contributed by atoms with Crippen LogP contribution < -0.4 is 15.5 Å². The van der Waals surface area contributed by atoms with Crippen LogP contribution in [0.15, 0.2) is 59.7 Å². The zero-order valence-electron chi connectivity index (χ0n) is 13.9. The Balaban J connectivity index is 1.63. The van der Waals surface area contributed by atoms with E-state index in [1.165, 1.54) is 5.56 Å². The molecule has 0 atom stereocenters. The fourth-order valence-electron chi connectivity index (χ4n) is 2.12. The molecule has 2 rings (SSSR count). The number of amides is 1. The maximum atomic E-state index is 11.7. The lowest BCUT2D eigenvalue weighted by Gasteiger charge is -2.07. The predicted octanol–water partition coefficient (Wildman–Crippen LogP) is 3.23. The van der Waals surface area contributed by atoms with Crippen LogP contribution >= 0.6 is 0 Å². The normalized spacial score (nSPS) is 10.5. The van der Waals surface area contributed by atoms with Crippen LogP contribution in [-0.4, -0.2) is 25.3 Å². The highest BCUT2D eigenvalue weighted by atomic mass is 16.5. The molecule has 0 aromatic heterocycles. The Morgan fingerprint density at radius 1 is 1.12 bits per heavy atom. The van der Waals surface area contributed by atoms with Gasteiger partial charge in [-0.05, 0) is 49.6 Å². The van der Waals surface area contributed by atoms with Crippen LogP contribution in [0.3, 0.4) is 0 Å². The number of carbonyl (C=O) groups is 1. The first-order valence-corrected chi connectivity index (χ1v) is 8.09. The van der Waals surface area contributed by atoms with Gasteiger partial charge in [0.2, 0.25) is 0 Å². The Morgan fingerprint density at radius 3 is 2.58 bits per heavy atom. The van der Waals surface area contributed by atoms with Crippen molar-refractivity contribution in [3.05, 3.63) is 60.2 Å². The van der Waals surface area contributed by atoms with Crippen molar-refractivity contribution in [2.24, 2.45) is 5.10 Å². The minimum absolute atomic E-state index is 0.171. The van der Waals surface area contributed by atoms with Crippen molar-refractivity contribution in [1.29, 1.82) is 0 Å². The third kappa shape index (κ3) is 6.52. The number of rotatable bonds is 9. The second-order valence-corrected chi connectivity index (χ2v) is 5.18. The molecule has 0 aliphatic rings. The summed E-state index contributed by atoms with van der Waals surface area (Å²) in [4.78, 5) is 11.7. The zero-order chi connectivity index (χ0) is 17.0. The van der Waals surface area contributed by atoms with E-state index in [0.717, 1.165) is 24.3 Å². The molecule has 0 heterocycles. The number of anilines is 1. The van der Waals surface area contributed by atoms with Crippen molar-refractivity contribution in [2.45, 2.75) is 19.8 Å². The van der Waals surface area contributed by atoms with E-state index in [9.17, 15) is 4.79 Å². The van der Waals surface area contributed by atoms with Gasteiger partial charge >= 0.3 is 0 Å². The molecule has 24 heavy (non-hydrogen) atoms. The summed E-state index contributed by atoms with van der Waals surface area (Å²) in [6.07, 6.45) is 3.42. The fraction of sp³-hybridized carbons (Fsp3) is 0.263. The van der Waals surface area contributed by atoms with Gasteiger partial charge in [-0.25, -0.2) is 5.43 Å². The quantitative estimate of drug-likeness (QED) is 0.549. The Hall–Kier alpha value is -2.82. The number of ether oxygens (including phenoxy) is 1. The summed E-state index contributed by atoms with van der Waals surface area (Å²) in [6, 6.07) is 17.7. The summed E-state index contributed by atoms with van der Waals surface area (Å²) in [6.45, 7) is 2.75. The van der Waals surface area contributed by atoms with Crippen molar-refractivity contribution in [3.63, 3.8) is 0 Å². The Labute approximate surface area is 142 Å². The summed E-state index contributed by atoms with van der Waals surface area (Å²) >= 11 is 0. The van der Waals surface area contributed by atoms with E-state index in [1.54, 1.807) is 6.21 Å². The molecule has 0 saturated heterocycles. The smallest absolute Gasteiger partial charge is 0.259 e. The summed E-state index contributed by atoms with van der Waals surface area (Å²) in [7, 11) is 0. The van der Waals surface area contributed by atoms with E-state index in [-0.39, 0.29) is 12.5 Å². The van der Waals surface area contributed by atoms with Gasteiger partial charge in [0.05, 0.1) is 13.2 Å². The zero-order valence-corrected chi connectivity index (χ0v) is 13.9. The van der Waals surface area contributed by atoms with Crippen molar-refractivity contribution >= 4 is 17.8 Å². The second kappa shape index (κ2) is 10.0. The van der Waals surface area contributed by atoms with Crippen molar-refractivity contribution < 1.29 is 9.53 Å². The third-order valence-corrected chi connectivity index (χ3v) is 3.30. The molecule has 2 aromatic carbocycles. The lowest BCUT2D eigenvalue weighted by molar-refractivity contribution is -0.119. The van der Waals surface area contributed by atoms with Crippen LogP contribution in [0.2, 0.25) is 0 Å². The van der Waals surface area contributed by atoms with Gasteiger partial charge in [-0.3, -0.25) is 4.79 Å². The molecule has 2 N–H and O–H groups in total. The molecule has 5 nitrogen and oxygen atoms in total. The molecule has 0 bridgehead atoms. The highest BCUT2D eigenvalue weighted by Gasteiger charge is 2.00. The summed E-state index contributed by atoms with van der Waals surface area (Å²) in [5.74, 6) is 0.635. The van der Waals surface area contributed by atoms with Crippen LogP contribution in [0.4, 0.5) is 5.69 Å². The third-order valence-electron chi connectivity index (χ3n) is 3.30. The second-order valence-electron chi connectivity index (χ2n) is 5.18. The standard InChI is InChI=1S/C19H23N3O2/c1-2-24-18-12-10-17(11-13-18)20-15-19(23)22-21-14-6-9-16-7-4-3-5-8-16/h3-5,7-8,10-14,20H,2,6,9,15H2,1H3,(H,22,23). The Bertz CT molecular complexity index is 639. The molecule has 0 spiro atoms. The number of nitrogens with one attached hydrogen (secondary N) is 2. The van der Waals surface area contributed by atoms with Crippen LogP contribution in [0, 0.1) is 0 Å². The number of benzene rings is 2. The van der Waals surface area contributed by atoms with Gasteiger partial charge in [0.15, 0.2) is 0 Å². The van der Waals surface area contributed by atoms with Crippen LogP contribution in [0.5, 0.6) is 5.75 Å². The van der Waals surface area contributed by atoms with Crippen molar-refractivity contribution in [2.75, 3.05) is 18.5 Å². The first-order valence-electron chi connectivity index (χ1n) is 8.09. The van der Waals surface area contributed by atoms with E-state index in [0.29, 0.717) is 6.61 Å². The number of nitrogens with zero attached hydrogens (tertiary/aromatic N) is 1.